The molecule has 4 nitrogen and oxygen atoms in total. The molecule has 0 radical (unpaired) electrons. The number of hydrogen-bond donors (Lipinski definition) is 1. The van der Waals surface area contributed by atoms with Crippen molar-refractivity contribution in [1.82, 2.24) is 9.78 Å². The standard InChI is InChI=1S/C18H19N3O/c1-22-17-9-5-6-14(12-17)18-13-15(10-11-19)20-21(18)16-7-3-2-4-8-16/h2-9,12-13H,10-11,19H2,1H3. The Morgan fingerprint density at radius 1 is 1.05 bits per heavy atom. The van der Waals surface area contributed by atoms with Crippen molar-refractivity contribution in [1.29, 1.82) is 0 Å². The smallest absolute Gasteiger partial charge is 0.119 e. The van der Waals surface area contributed by atoms with E-state index in [1.807, 2.05) is 53.2 Å². The number of rotatable bonds is 5. The number of aromatic nitrogens is 2. The highest BCUT2D eigenvalue weighted by atomic mass is 16.5. The molecule has 1 heterocycles. The Balaban J connectivity index is 2.12. The summed E-state index contributed by atoms with van der Waals surface area (Å²) < 4.78 is 7.28. The van der Waals surface area contributed by atoms with Crippen LogP contribution in [0.1, 0.15) is 5.69 Å². The number of benzene rings is 2. The fraction of sp³-hybridized carbons (Fsp3) is 0.167. The molecule has 4 heteroatoms. The summed E-state index contributed by atoms with van der Waals surface area (Å²) in [6.07, 6.45) is 0.761. The van der Waals surface area contributed by atoms with Crippen LogP contribution in [-0.2, 0) is 6.42 Å². The van der Waals surface area contributed by atoms with E-state index in [-0.39, 0.29) is 0 Å². The highest BCUT2D eigenvalue weighted by Crippen LogP contribution is 2.27. The van der Waals surface area contributed by atoms with Gasteiger partial charge in [0, 0.05) is 12.0 Å². The molecule has 2 aromatic carbocycles. The predicted octanol–water partition coefficient (Wildman–Crippen LogP) is 3.05. The molecule has 0 unspecified atom stereocenters. The monoisotopic (exact) mass is 293 g/mol. The lowest BCUT2D eigenvalue weighted by Crippen LogP contribution is -2.04. The Labute approximate surface area is 130 Å². The molecule has 0 bridgehead atoms. The Hall–Kier alpha value is -2.59. The molecule has 0 aliphatic carbocycles. The summed E-state index contributed by atoms with van der Waals surface area (Å²) in [7, 11) is 1.67. The van der Waals surface area contributed by atoms with Gasteiger partial charge in [-0.25, -0.2) is 4.68 Å². The van der Waals surface area contributed by atoms with E-state index < -0.39 is 0 Å². The second-order valence-electron chi connectivity index (χ2n) is 5.04. The van der Waals surface area contributed by atoms with Gasteiger partial charge in [0.25, 0.3) is 0 Å². The highest BCUT2D eigenvalue weighted by Gasteiger charge is 2.12. The molecule has 0 atom stereocenters. The van der Waals surface area contributed by atoms with Gasteiger partial charge in [-0.05, 0) is 36.9 Å². The van der Waals surface area contributed by atoms with Crippen molar-refractivity contribution in [3.05, 3.63) is 66.4 Å². The van der Waals surface area contributed by atoms with Crippen molar-refractivity contribution in [3.63, 3.8) is 0 Å². The van der Waals surface area contributed by atoms with E-state index >= 15 is 0 Å². The van der Waals surface area contributed by atoms with E-state index in [9.17, 15) is 0 Å². The second kappa shape index (κ2) is 6.45. The Kier molecular flexibility index (Phi) is 4.21. The van der Waals surface area contributed by atoms with Gasteiger partial charge in [-0.15, -0.1) is 0 Å². The van der Waals surface area contributed by atoms with Crippen molar-refractivity contribution in [2.75, 3.05) is 13.7 Å². The number of para-hydroxylation sites is 1. The van der Waals surface area contributed by atoms with Gasteiger partial charge in [-0.3, -0.25) is 0 Å². The lowest BCUT2D eigenvalue weighted by Gasteiger charge is -2.08. The summed E-state index contributed by atoms with van der Waals surface area (Å²) >= 11 is 0. The topological polar surface area (TPSA) is 53.1 Å². The number of nitrogens with zero attached hydrogens (tertiary/aromatic N) is 2. The molecular formula is C18H19N3O. The zero-order valence-electron chi connectivity index (χ0n) is 12.6. The third-order valence-corrected chi connectivity index (χ3v) is 3.53. The van der Waals surface area contributed by atoms with Crippen LogP contribution in [0, 0.1) is 0 Å². The molecular weight excluding hydrogens is 274 g/mol. The Morgan fingerprint density at radius 3 is 2.59 bits per heavy atom. The quantitative estimate of drug-likeness (QED) is 0.786. The Morgan fingerprint density at radius 2 is 1.86 bits per heavy atom. The summed E-state index contributed by atoms with van der Waals surface area (Å²) in [4.78, 5) is 0. The van der Waals surface area contributed by atoms with Crippen molar-refractivity contribution in [2.24, 2.45) is 5.73 Å². The average Bonchev–Trinajstić information content (AvgIpc) is 3.00. The zero-order chi connectivity index (χ0) is 15.4. The van der Waals surface area contributed by atoms with Gasteiger partial charge >= 0.3 is 0 Å². The van der Waals surface area contributed by atoms with Crippen LogP contribution in [0.15, 0.2) is 60.7 Å². The molecule has 1 aromatic heterocycles. The van der Waals surface area contributed by atoms with Gasteiger partial charge in [0.05, 0.1) is 24.2 Å². The highest BCUT2D eigenvalue weighted by molar-refractivity contribution is 5.64. The van der Waals surface area contributed by atoms with E-state index in [4.69, 9.17) is 15.6 Å². The predicted molar refractivity (Wildman–Crippen MR) is 88.3 cm³/mol. The minimum Gasteiger partial charge on any atom is -0.497 e. The van der Waals surface area contributed by atoms with E-state index in [0.717, 1.165) is 34.8 Å². The molecule has 3 rings (SSSR count). The number of methoxy groups -OCH3 is 1. The van der Waals surface area contributed by atoms with Gasteiger partial charge < -0.3 is 10.5 Å². The summed E-state index contributed by atoms with van der Waals surface area (Å²) in [5.74, 6) is 0.832. The fourth-order valence-electron chi connectivity index (χ4n) is 2.45. The Bertz CT molecular complexity index is 750. The molecule has 0 saturated carbocycles. The molecule has 112 valence electrons. The lowest BCUT2D eigenvalue weighted by molar-refractivity contribution is 0.415. The minimum absolute atomic E-state index is 0.587. The van der Waals surface area contributed by atoms with Crippen molar-refractivity contribution < 1.29 is 4.74 Å². The molecule has 0 aliphatic rings. The maximum absolute atomic E-state index is 5.67. The summed E-state index contributed by atoms with van der Waals surface area (Å²) in [6.45, 7) is 0.587. The first-order chi connectivity index (χ1) is 10.8. The molecule has 0 fully saturated rings. The van der Waals surface area contributed by atoms with Crippen LogP contribution < -0.4 is 10.5 Å². The third-order valence-electron chi connectivity index (χ3n) is 3.53. The van der Waals surface area contributed by atoms with Gasteiger partial charge in [0.1, 0.15) is 5.75 Å². The van der Waals surface area contributed by atoms with E-state index in [1.165, 1.54) is 0 Å². The lowest BCUT2D eigenvalue weighted by atomic mass is 10.1. The van der Waals surface area contributed by atoms with Gasteiger partial charge in [-0.1, -0.05) is 30.3 Å². The SMILES string of the molecule is COc1cccc(-c2cc(CCN)nn2-c2ccccc2)c1. The van der Waals surface area contributed by atoms with Crippen LogP contribution in [-0.4, -0.2) is 23.4 Å². The minimum atomic E-state index is 0.587. The summed E-state index contributed by atoms with van der Waals surface area (Å²) in [6, 6.07) is 20.2. The molecule has 22 heavy (non-hydrogen) atoms. The van der Waals surface area contributed by atoms with Gasteiger partial charge in [0.15, 0.2) is 0 Å². The average molecular weight is 293 g/mol. The zero-order valence-corrected chi connectivity index (χ0v) is 12.6. The van der Waals surface area contributed by atoms with E-state index in [1.54, 1.807) is 7.11 Å². The summed E-state index contributed by atoms with van der Waals surface area (Å²) in [5, 5.41) is 4.70. The molecule has 0 aliphatic heterocycles. The van der Waals surface area contributed by atoms with Crippen LogP contribution in [0.3, 0.4) is 0 Å². The summed E-state index contributed by atoms with van der Waals surface area (Å²) in [5.41, 5.74) is 9.80. The number of nitrogens with two attached hydrogens (primary N) is 1. The maximum Gasteiger partial charge on any atom is 0.119 e. The maximum atomic E-state index is 5.67. The number of hydrogen-bond acceptors (Lipinski definition) is 3. The van der Waals surface area contributed by atoms with Crippen molar-refractivity contribution in [3.8, 4) is 22.7 Å². The van der Waals surface area contributed by atoms with Crippen LogP contribution >= 0.6 is 0 Å². The van der Waals surface area contributed by atoms with E-state index in [0.29, 0.717) is 6.54 Å². The first kappa shape index (κ1) is 14.4. The van der Waals surface area contributed by atoms with Gasteiger partial charge in [0.2, 0.25) is 0 Å². The molecule has 2 N–H and O–H groups in total. The van der Waals surface area contributed by atoms with E-state index in [2.05, 4.69) is 12.1 Å². The first-order valence-electron chi connectivity index (χ1n) is 7.30. The van der Waals surface area contributed by atoms with Gasteiger partial charge in [-0.2, -0.15) is 5.10 Å². The molecule has 0 saturated heterocycles. The van der Waals surface area contributed by atoms with Crippen LogP contribution in [0.4, 0.5) is 0 Å². The molecule has 3 aromatic rings. The van der Waals surface area contributed by atoms with Crippen LogP contribution in [0.5, 0.6) is 5.75 Å². The van der Waals surface area contributed by atoms with Crippen LogP contribution in [0.2, 0.25) is 0 Å². The fourth-order valence-corrected chi connectivity index (χ4v) is 2.45. The third kappa shape index (κ3) is 2.87. The van der Waals surface area contributed by atoms with Crippen molar-refractivity contribution in [2.45, 2.75) is 6.42 Å². The van der Waals surface area contributed by atoms with Crippen molar-refractivity contribution >= 4 is 0 Å². The molecule has 0 spiro atoms. The second-order valence-corrected chi connectivity index (χ2v) is 5.04. The normalized spacial score (nSPS) is 10.6. The number of ether oxygens (including phenoxy) is 1. The largest absolute Gasteiger partial charge is 0.497 e. The first-order valence-corrected chi connectivity index (χ1v) is 7.30. The van der Waals surface area contributed by atoms with Crippen LogP contribution in [0.25, 0.3) is 16.9 Å². The molecule has 0 amide bonds.